The molecular formula is C26H23ClN6O. The van der Waals surface area contributed by atoms with E-state index in [1.54, 1.807) is 4.52 Å². The third-order valence-electron chi connectivity index (χ3n) is 6.32. The SMILES string of the molecule is Nc1ccc(N2CCC(Oc3nn4c(-c5ccccc5Cl)nnc4c4ccccc34)CC2)cc1. The van der Waals surface area contributed by atoms with Crippen LogP contribution in [-0.4, -0.2) is 39.0 Å². The van der Waals surface area contributed by atoms with E-state index in [9.17, 15) is 0 Å². The summed E-state index contributed by atoms with van der Waals surface area (Å²) < 4.78 is 8.24. The van der Waals surface area contributed by atoms with Crippen LogP contribution in [-0.2, 0) is 0 Å². The molecule has 2 N–H and O–H groups in total. The third-order valence-corrected chi connectivity index (χ3v) is 6.65. The van der Waals surface area contributed by atoms with E-state index in [1.807, 2.05) is 60.7 Å². The molecule has 0 bridgehead atoms. The van der Waals surface area contributed by atoms with Crippen LogP contribution in [0.2, 0.25) is 5.02 Å². The van der Waals surface area contributed by atoms with Gasteiger partial charge in [-0.15, -0.1) is 15.3 Å². The second-order valence-electron chi connectivity index (χ2n) is 8.49. The average Bonchev–Trinajstić information content (AvgIpc) is 3.29. The molecule has 34 heavy (non-hydrogen) atoms. The Kier molecular flexibility index (Phi) is 5.19. The standard InChI is InChI=1S/C26H23ClN6O/c27-23-8-4-3-7-22(23)25-30-29-24-20-5-1-2-6-21(20)26(31-33(24)25)34-19-13-15-32(16-14-19)18-11-9-17(28)10-12-18/h1-12,19H,13-16,28H2. The monoisotopic (exact) mass is 470 g/mol. The van der Waals surface area contributed by atoms with Crippen LogP contribution in [0.25, 0.3) is 27.8 Å². The smallest absolute Gasteiger partial charge is 0.240 e. The molecule has 0 aliphatic carbocycles. The van der Waals surface area contributed by atoms with Gasteiger partial charge in [-0.25, -0.2) is 0 Å². The van der Waals surface area contributed by atoms with E-state index in [1.165, 1.54) is 5.69 Å². The molecule has 0 spiro atoms. The van der Waals surface area contributed by atoms with Gasteiger partial charge in [0.2, 0.25) is 5.88 Å². The number of benzene rings is 3. The van der Waals surface area contributed by atoms with Crippen LogP contribution in [0.4, 0.5) is 11.4 Å². The maximum absolute atomic E-state index is 6.50. The normalized spacial score (nSPS) is 14.7. The lowest BCUT2D eigenvalue weighted by Crippen LogP contribution is -2.38. The predicted molar refractivity (Wildman–Crippen MR) is 135 cm³/mol. The topological polar surface area (TPSA) is 81.6 Å². The molecule has 0 saturated carbocycles. The fourth-order valence-corrected chi connectivity index (χ4v) is 4.74. The fourth-order valence-electron chi connectivity index (χ4n) is 4.52. The summed E-state index contributed by atoms with van der Waals surface area (Å²) in [6.45, 7) is 1.82. The van der Waals surface area contributed by atoms with Gasteiger partial charge in [-0.05, 0) is 42.5 Å². The summed E-state index contributed by atoms with van der Waals surface area (Å²) in [6.07, 6.45) is 1.87. The van der Waals surface area contributed by atoms with Crippen molar-refractivity contribution in [1.29, 1.82) is 0 Å². The molecule has 1 aliphatic rings. The molecule has 3 heterocycles. The van der Waals surface area contributed by atoms with Crippen LogP contribution in [0.3, 0.4) is 0 Å². The van der Waals surface area contributed by atoms with Crippen molar-refractivity contribution < 1.29 is 4.74 Å². The van der Waals surface area contributed by atoms with Crippen molar-refractivity contribution in [1.82, 2.24) is 19.8 Å². The van der Waals surface area contributed by atoms with Gasteiger partial charge in [0, 0.05) is 53.6 Å². The highest BCUT2D eigenvalue weighted by atomic mass is 35.5. The molecule has 6 rings (SSSR count). The van der Waals surface area contributed by atoms with Crippen LogP contribution in [0.15, 0.2) is 72.8 Å². The Labute approximate surface area is 201 Å². The van der Waals surface area contributed by atoms with Crippen molar-refractivity contribution >= 4 is 39.4 Å². The summed E-state index contributed by atoms with van der Waals surface area (Å²) in [7, 11) is 0. The second kappa shape index (κ2) is 8.50. The van der Waals surface area contributed by atoms with Gasteiger partial charge in [-0.1, -0.05) is 41.9 Å². The molecule has 2 aromatic heterocycles. The van der Waals surface area contributed by atoms with Crippen molar-refractivity contribution in [3.8, 4) is 17.3 Å². The van der Waals surface area contributed by atoms with E-state index >= 15 is 0 Å². The Morgan fingerprint density at radius 2 is 1.56 bits per heavy atom. The Hall–Kier alpha value is -3.84. The lowest BCUT2D eigenvalue weighted by atomic mass is 10.1. The maximum Gasteiger partial charge on any atom is 0.240 e. The van der Waals surface area contributed by atoms with Crippen molar-refractivity contribution in [2.24, 2.45) is 0 Å². The van der Waals surface area contributed by atoms with Crippen molar-refractivity contribution in [2.75, 3.05) is 23.7 Å². The Bertz CT molecular complexity index is 1470. The Morgan fingerprint density at radius 3 is 2.32 bits per heavy atom. The molecule has 8 heteroatoms. The van der Waals surface area contributed by atoms with Crippen LogP contribution in [0.1, 0.15) is 12.8 Å². The fraction of sp³-hybridized carbons (Fsp3) is 0.192. The number of hydrogen-bond acceptors (Lipinski definition) is 6. The van der Waals surface area contributed by atoms with Crippen molar-refractivity contribution in [3.63, 3.8) is 0 Å². The van der Waals surface area contributed by atoms with Crippen LogP contribution >= 0.6 is 11.6 Å². The van der Waals surface area contributed by atoms with E-state index < -0.39 is 0 Å². The van der Waals surface area contributed by atoms with E-state index in [2.05, 4.69) is 27.2 Å². The summed E-state index contributed by atoms with van der Waals surface area (Å²) in [5.41, 5.74) is 9.26. The minimum atomic E-state index is 0.0682. The maximum atomic E-state index is 6.50. The molecule has 0 atom stereocenters. The number of fused-ring (bicyclic) bond motifs is 3. The largest absolute Gasteiger partial charge is 0.473 e. The molecule has 0 amide bonds. The zero-order chi connectivity index (χ0) is 23.1. The highest BCUT2D eigenvalue weighted by Gasteiger charge is 2.24. The van der Waals surface area contributed by atoms with Crippen LogP contribution < -0.4 is 15.4 Å². The zero-order valence-electron chi connectivity index (χ0n) is 18.4. The van der Waals surface area contributed by atoms with Crippen molar-refractivity contribution in [2.45, 2.75) is 18.9 Å². The first-order chi connectivity index (χ1) is 16.7. The molecule has 0 radical (unpaired) electrons. The van der Waals surface area contributed by atoms with Gasteiger partial charge in [-0.3, -0.25) is 0 Å². The number of ether oxygens (including phenoxy) is 1. The number of nitrogens with zero attached hydrogens (tertiary/aromatic N) is 5. The highest BCUT2D eigenvalue weighted by molar-refractivity contribution is 6.33. The van der Waals surface area contributed by atoms with Gasteiger partial charge in [0.15, 0.2) is 11.5 Å². The number of anilines is 2. The number of halogens is 1. The second-order valence-corrected chi connectivity index (χ2v) is 8.89. The minimum absolute atomic E-state index is 0.0682. The summed E-state index contributed by atoms with van der Waals surface area (Å²) in [4.78, 5) is 2.36. The number of hydrogen-bond donors (Lipinski definition) is 1. The number of piperidine rings is 1. The molecule has 5 aromatic rings. The summed E-state index contributed by atoms with van der Waals surface area (Å²) in [5, 5.41) is 16.1. The lowest BCUT2D eigenvalue weighted by molar-refractivity contribution is 0.164. The van der Waals surface area contributed by atoms with Crippen molar-refractivity contribution in [3.05, 3.63) is 77.8 Å². The van der Waals surface area contributed by atoms with Crippen LogP contribution in [0.5, 0.6) is 5.88 Å². The van der Waals surface area contributed by atoms with Gasteiger partial charge in [0.1, 0.15) is 6.10 Å². The highest BCUT2D eigenvalue weighted by Crippen LogP contribution is 2.32. The average molecular weight is 471 g/mol. The predicted octanol–water partition coefficient (Wildman–Crippen LogP) is 5.23. The first kappa shape index (κ1) is 20.7. The van der Waals surface area contributed by atoms with Gasteiger partial charge >= 0.3 is 0 Å². The first-order valence-corrected chi connectivity index (χ1v) is 11.7. The third kappa shape index (κ3) is 3.68. The van der Waals surface area contributed by atoms with E-state index in [-0.39, 0.29) is 6.10 Å². The van der Waals surface area contributed by atoms with E-state index in [0.717, 1.165) is 48.0 Å². The van der Waals surface area contributed by atoms with E-state index in [0.29, 0.717) is 22.4 Å². The molecular weight excluding hydrogens is 448 g/mol. The summed E-state index contributed by atoms with van der Waals surface area (Å²) in [5.74, 6) is 1.18. The molecule has 7 nitrogen and oxygen atoms in total. The van der Waals surface area contributed by atoms with Gasteiger partial charge in [-0.2, -0.15) is 4.52 Å². The zero-order valence-corrected chi connectivity index (χ0v) is 19.2. The van der Waals surface area contributed by atoms with E-state index in [4.69, 9.17) is 27.2 Å². The number of rotatable bonds is 4. The molecule has 1 aliphatic heterocycles. The summed E-state index contributed by atoms with van der Waals surface area (Å²) in [6, 6.07) is 23.6. The Balaban J connectivity index is 1.32. The minimum Gasteiger partial charge on any atom is -0.473 e. The first-order valence-electron chi connectivity index (χ1n) is 11.3. The van der Waals surface area contributed by atoms with Gasteiger partial charge in [0.25, 0.3) is 0 Å². The van der Waals surface area contributed by atoms with Crippen LogP contribution in [0, 0.1) is 0 Å². The molecule has 170 valence electrons. The number of nitrogen functional groups attached to an aromatic ring is 1. The molecule has 3 aromatic carbocycles. The van der Waals surface area contributed by atoms with Gasteiger partial charge < -0.3 is 15.4 Å². The molecule has 1 saturated heterocycles. The Morgan fingerprint density at radius 1 is 0.853 bits per heavy atom. The number of nitrogens with two attached hydrogens (primary N) is 1. The molecule has 1 fully saturated rings. The number of aromatic nitrogens is 4. The quantitative estimate of drug-likeness (QED) is 0.362. The van der Waals surface area contributed by atoms with Gasteiger partial charge in [0.05, 0.1) is 5.02 Å². The molecule has 0 unspecified atom stereocenters. The summed E-state index contributed by atoms with van der Waals surface area (Å²) >= 11 is 6.45. The lowest BCUT2D eigenvalue weighted by Gasteiger charge is -2.33.